The van der Waals surface area contributed by atoms with E-state index in [1.807, 2.05) is 0 Å². The van der Waals surface area contributed by atoms with E-state index in [9.17, 15) is 4.79 Å². The van der Waals surface area contributed by atoms with E-state index in [-0.39, 0.29) is 0 Å². The number of hydrazone groups is 1. The zero-order valence-corrected chi connectivity index (χ0v) is 13.2. The third-order valence-corrected chi connectivity index (χ3v) is 3.19. The molecule has 1 aromatic heterocycles. The second-order valence-electron chi connectivity index (χ2n) is 4.35. The molecule has 1 N–H and O–H groups in total. The quantitative estimate of drug-likeness (QED) is 0.672. The molecule has 1 unspecified atom stereocenters. The van der Waals surface area contributed by atoms with Gasteiger partial charge >= 0.3 is 0 Å². The summed E-state index contributed by atoms with van der Waals surface area (Å²) in [6, 6.07) is 8.32. The monoisotopic (exact) mass is 337 g/mol. The number of benzene rings is 1. The van der Waals surface area contributed by atoms with Crippen molar-refractivity contribution in [3.8, 4) is 5.75 Å². The van der Waals surface area contributed by atoms with Crippen molar-refractivity contribution in [1.29, 1.82) is 0 Å². The van der Waals surface area contributed by atoms with Crippen molar-refractivity contribution >= 4 is 35.3 Å². The van der Waals surface area contributed by atoms with Gasteiger partial charge in [0.1, 0.15) is 5.75 Å². The van der Waals surface area contributed by atoms with Gasteiger partial charge in [-0.1, -0.05) is 23.2 Å². The van der Waals surface area contributed by atoms with Gasteiger partial charge in [-0.25, -0.2) is 5.43 Å². The normalized spacial score (nSPS) is 12.1. The zero-order valence-electron chi connectivity index (χ0n) is 11.7. The van der Waals surface area contributed by atoms with Crippen LogP contribution < -0.4 is 10.2 Å². The highest BCUT2D eigenvalue weighted by Gasteiger charge is 2.15. The van der Waals surface area contributed by atoms with E-state index in [2.05, 4.69) is 15.5 Å². The molecule has 0 spiro atoms. The summed E-state index contributed by atoms with van der Waals surface area (Å²) in [5, 5.41) is 4.69. The number of aromatic nitrogens is 1. The van der Waals surface area contributed by atoms with Crippen LogP contribution in [0.25, 0.3) is 0 Å². The molecule has 0 bridgehead atoms. The maximum absolute atomic E-state index is 11.9. The standard InChI is InChI=1S/C15H13Cl2N3O2/c1-10(22-14-3-2-12(16)8-13(14)17)15(21)20-19-9-11-4-6-18-7-5-11/h2-10H,1H3,(H,20,21)/b19-9+. The van der Waals surface area contributed by atoms with E-state index in [0.717, 1.165) is 5.56 Å². The topological polar surface area (TPSA) is 63.6 Å². The van der Waals surface area contributed by atoms with Crippen LogP contribution in [0, 0.1) is 0 Å². The third kappa shape index (κ3) is 4.72. The highest BCUT2D eigenvalue weighted by atomic mass is 35.5. The molecular weight excluding hydrogens is 325 g/mol. The first-order chi connectivity index (χ1) is 10.6. The molecule has 0 aliphatic rings. The van der Waals surface area contributed by atoms with Gasteiger partial charge in [0, 0.05) is 17.4 Å². The Morgan fingerprint density at radius 3 is 2.73 bits per heavy atom. The number of hydrogen-bond donors (Lipinski definition) is 1. The lowest BCUT2D eigenvalue weighted by molar-refractivity contribution is -0.127. The molecule has 1 aromatic carbocycles. The number of nitrogens with one attached hydrogen (secondary N) is 1. The highest BCUT2D eigenvalue weighted by molar-refractivity contribution is 6.35. The van der Waals surface area contributed by atoms with Crippen LogP contribution in [0.3, 0.4) is 0 Å². The molecule has 5 nitrogen and oxygen atoms in total. The molecule has 0 radical (unpaired) electrons. The molecular formula is C15H13Cl2N3O2. The molecule has 0 aliphatic heterocycles. The summed E-state index contributed by atoms with van der Waals surface area (Å²) >= 11 is 11.8. The minimum Gasteiger partial charge on any atom is -0.479 e. The first kappa shape index (κ1) is 16.3. The molecule has 114 valence electrons. The Hall–Kier alpha value is -2.11. The van der Waals surface area contributed by atoms with Gasteiger partial charge in [-0.05, 0) is 42.8 Å². The zero-order chi connectivity index (χ0) is 15.9. The minimum absolute atomic E-state index is 0.340. The van der Waals surface area contributed by atoms with Crippen molar-refractivity contribution in [1.82, 2.24) is 10.4 Å². The number of carbonyl (C=O) groups excluding carboxylic acids is 1. The van der Waals surface area contributed by atoms with E-state index >= 15 is 0 Å². The van der Waals surface area contributed by atoms with Gasteiger partial charge < -0.3 is 4.74 Å². The van der Waals surface area contributed by atoms with Gasteiger partial charge in [-0.3, -0.25) is 9.78 Å². The summed E-state index contributed by atoms with van der Waals surface area (Å²) in [5.74, 6) is -0.0110. The lowest BCUT2D eigenvalue weighted by Crippen LogP contribution is -2.33. The lowest BCUT2D eigenvalue weighted by Gasteiger charge is -2.14. The Balaban J connectivity index is 1.91. The third-order valence-electron chi connectivity index (χ3n) is 2.66. The Morgan fingerprint density at radius 1 is 1.32 bits per heavy atom. The molecule has 1 atom stereocenters. The lowest BCUT2D eigenvalue weighted by atomic mass is 10.3. The molecule has 0 aliphatic carbocycles. The van der Waals surface area contributed by atoms with Gasteiger partial charge in [0.25, 0.3) is 5.91 Å². The van der Waals surface area contributed by atoms with Crippen molar-refractivity contribution in [3.05, 3.63) is 58.3 Å². The largest absolute Gasteiger partial charge is 0.479 e. The maximum atomic E-state index is 11.9. The molecule has 1 heterocycles. The smallest absolute Gasteiger partial charge is 0.280 e. The van der Waals surface area contributed by atoms with Crippen LogP contribution in [0.5, 0.6) is 5.75 Å². The molecule has 2 aromatic rings. The summed E-state index contributed by atoms with van der Waals surface area (Å²) in [6.45, 7) is 1.60. The van der Waals surface area contributed by atoms with Crippen LogP contribution in [0.1, 0.15) is 12.5 Å². The molecule has 7 heteroatoms. The summed E-state index contributed by atoms with van der Waals surface area (Å²) in [4.78, 5) is 15.8. The number of nitrogens with zero attached hydrogens (tertiary/aromatic N) is 2. The van der Waals surface area contributed by atoms with E-state index < -0.39 is 12.0 Å². The van der Waals surface area contributed by atoms with Crippen LogP contribution >= 0.6 is 23.2 Å². The molecule has 0 fully saturated rings. The van der Waals surface area contributed by atoms with Crippen LogP contribution in [0.2, 0.25) is 10.0 Å². The van der Waals surface area contributed by atoms with Crippen molar-refractivity contribution in [2.45, 2.75) is 13.0 Å². The van der Waals surface area contributed by atoms with E-state index in [4.69, 9.17) is 27.9 Å². The average molecular weight is 338 g/mol. The Bertz CT molecular complexity index is 678. The Kier molecular flexibility index (Phi) is 5.75. The number of rotatable bonds is 5. The number of carbonyl (C=O) groups is 1. The molecule has 1 amide bonds. The fourth-order valence-electron chi connectivity index (χ4n) is 1.53. The van der Waals surface area contributed by atoms with Crippen molar-refractivity contribution < 1.29 is 9.53 Å². The molecule has 22 heavy (non-hydrogen) atoms. The Morgan fingerprint density at radius 2 is 2.05 bits per heavy atom. The summed E-state index contributed by atoms with van der Waals surface area (Å²) in [7, 11) is 0. The second kappa shape index (κ2) is 7.77. The number of hydrogen-bond acceptors (Lipinski definition) is 4. The van der Waals surface area contributed by atoms with Crippen LogP contribution in [0.15, 0.2) is 47.8 Å². The minimum atomic E-state index is -0.756. The van der Waals surface area contributed by atoms with Gasteiger partial charge in [0.05, 0.1) is 11.2 Å². The van der Waals surface area contributed by atoms with Crippen molar-refractivity contribution in [2.75, 3.05) is 0 Å². The SMILES string of the molecule is CC(Oc1ccc(Cl)cc1Cl)C(=O)N/N=C/c1ccncc1. The van der Waals surface area contributed by atoms with E-state index in [1.54, 1.807) is 49.6 Å². The van der Waals surface area contributed by atoms with Gasteiger partial charge in [0.2, 0.25) is 0 Å². The van der Waals surface area contributed by atoms with Crippen molar-refractivity contribution in [2.24, 2.45) is 5.10 Å². The Labute approximate surface area is 137 Å². The van der Waals surface area contributed by atoms with Gasteiger partial charge in [-0.2, -0.15) is 5.10 Å². The van der Waals surface area contributed by atoms with Gasteiger partial charge in [-0.15, -0.1) is 0 Å². The first-order valence-electron chi connectivity index (χ1n) is 6.41. The number of amides is 1. The maximum Gasteiger partial charge on any atom is 0.280 e. The fraction of sp³-hybridized carbons (Fsp3) is 0.133. The molecule has 2 rings (SSSR count). The van der Waals surface area contributed by atoms with Gasteiger partial charge in [0.15, 0.2) is 6.10 Å². The van der Waals surface area contributed by atoms with Crippen molar-refractivity contribution in [3.63, 3.8) is 0 Å². The van der Waals surface area contributed by atoms with E-state index in [1.165, 1.54) is 6.21 Å². The highest BCUT2D eigenvalue weighted by Crippen LogP contribution is 2.28. The summed E-state index contributed by atoms with van der Waals surface area (Å²) in [6.07, 6.45) is 4.03. The summed E-state index contributed by atoms with van der Waals surface area (Å²) in [5.41, 5.74) is 3.22. The van der Waals surface area contributed by atoms with E-state index in [0.29, 0.717) is 15.8 Å². The number of pyridine rings is 1. The predicted molar refractivity (Wildman–Crippen MR) is 86.5 cm³/mol. The van der Waals surface area contributed by atoms with Crippen LogP contribution in [-0.2, 0) is 4.79 Å². The van der Waals surface area contributed by atoms with Crippen LogP contribution in [0.4, 0.5) is 0 Å². The molecule has 0 saturated heterocycles. The van der Waals surface area contributed by atoms with Crippen LogP contribution in [-0.4, -0.2) is 23.2 Å². The summed E-state index contributed by atoms with van der Waals surface area (Å²) < 4.78 is 5.48. The number of ether oxygens (including phenoxy) is 1. The first-order valence-corrected chi connectivity index (χ1v) is 7.16. The average Bonchev–Trinajstić information content (AvgIpc) is 2.51. The number of halogens is 2. The fourth-order valence-corrected chi connectivity index (χ4v) is 1.98. The predicted octanol–water partition coefficient (Wildman–Crippen LogP) is 3.31. The second-order valence-corrected chi connectivity index (χ2v) is 5.19. The molecule has 0 saturated carbocycles.